The molecule has 0 saturated heterocycles. The second-order valence-electron chi connectivity index (χ2n) is 0.600. The minimum atomic E-state index is -4.61. The topological polar surface area (TPSA) is 80.9 Å². The third-order valence-electron chi connectivity index (χ3n) is 0. The number of hydrogen-bond acceptors (Lipinski definition) is 4. The van der Waals surface area contributed by atoms with E-state index in [1.807, 2.05) is 0 Å². The fourth-order valence-electron chi connectivity index (χ4n) is 0. The molecule has 0 aromatic heterocycles. The fourth-order valence-corrected chi connectivity index (χ4v) is 0. The predicted octanol–water partition coefficient (Wildman–Crippen LogP) is -5.09. The molecular formula is H9AlNa2O4Si. The van der Waals surface area contributed by atoms with Crippen LogP contribution in [0.1, 0.15) is 0 Å². The van der Waals surface area contributed by atoms with E-state index in [4.69, 9.17) is 19.2 Å². The van der Waals surface area contributed by atoms with Gasteiger partial charge in [-0.25, -0.2) is 0 Å². The number of hydrogen-bond donors (Lipinski definition) is 4. The third-order valence-corrected chi connectivity index (χ3v) is 0. The molecule has 0 aliphatic carbocycles. The molecule has 4 nitrogen and oxygen atoms in total. The molecule has 0 rings (SSSR count). The van der Waals surface area contributed by atoms with Crippen molar-refractivity contribution >= 4 is 85.5 Å². The molecule has 0 atom stereocenters. The van der Waals surface area contributed by atoms with Gasteiger partial charge in [0.1, 0.15) is 0 Å². The first-order valence-electron chi connectivity index (χ1n) is 0.894. The minimum absolute atomic E-state index is 0. The van der Waals surface area contributed by atoms with E-state index >= 15 is 0 Å². The molecule has 0 amide bonds. The molecule has 42 valence electrons. The second kappa shape index (κ2) is 9.59. The Labute approximate surface area is 103 Å². The van der Waals surface area contributed by atoms with Crippen LogP contribution < -0.4 is 0 Å². The van der Waals surface area contributed by atoms with Gasteiger partial charge in [0, 0.05) is 0 Å². The van der Waals surface area contributed by atoms with Crippen molar-refractivity contribution in [1.29, 1.82) is 0 Å². The standard InChI is InChI=1S/Al.2Na.H4O4Si.5H/c;;;1-5(2,3)4;;;;;/h;;;1-4H;;;;;. The van der Waals surface area contributed by atoms with E-state index in [2.05, 4.69) is 0 Å². The summed E-state index contributed by atoms with van der Waals surface area (Å²) >= 11 is 0. The zero-order valence-corrected chi connectivity index (χ0v) is 3.29. The van der Waals surface area contributed by atoms with Crippen LogP contribution in [0.15, 0.2) is 0 Å². The molecular weight excluding hydrogens is 165 g/mol. The van der Waals surface area contributed by atoms with Crippen LogP contribution in [0.25, 0.3) is 0 Å². The zero-order valence-electron chi connectivity index (χ0n) is 2.29. The molecule has 0 aromatic rings. The van der Waals surface area contributed by atoms with Crippen molar-refractivity contribution in [3.05, 3.63) is 0 Å². The van der Waals surface area contributed by atoms with Gasteiger partial charge in [-0.2, -0.15) is 0 Å². The van der Waals surface area contributed by atoms with Gasteiger partial charge in [0.25, 0.3) is 0 Å². The van der Waals surface area contributed by atoms with Crippen LogP contribution in [-0.2, 0) is 0 Å². The van der Waals surface area contributed by atoms with Crippen LogP contribution in [0.4, 0.5) is 0 Å². The second-order valence-corrected chi connectivity index (χ2v) is 1.80. The SMILES string of the molecule is O[Si](O)(O)O.[AlH3].[NaH].[NaH]. The molecule has 0 saturated carbocycles. The molecule has 4 N–H and O–H groups in total. The number of rotatable bonds is 0. The van der Waals surface area contributed by atoms with Crippen molar-refractivity contribution in [3.8, 4) is 0 Å². The van der Waals surface area contributed by atoms with E-state index in [-0.39, 0.29) is 76.5 Å². The molecule has 0 spiro atoms. The predicted molar refractivity (Wildman–Crippen MR) is 38.9 cm³/mol. The van der Waals surface area contributed by atoms with Crippen LogP contribution in [0, 0.1) is 0 Å². The Hall–Kier alpha value is 2.59. The summed E-state index contributed by atoms with van der Waals surface area (Å²) in [5.74, 6) is 0. The Balaban J connectivity index is -0.0000000267. The van der Waals surface area contributed by atoms with Gasteiger partial charge in [-0.05, 0) is 0 Å². The van der Waals surface area contributed by atoms with E-state index < -0.39 is 9.05 Å². The molecule has 0 aliphatic heterocycles. The van der Waals surface area contributed by atoms with Gasteiger partial charge in [0.2, 0.25) is 0 Å². The van der Waals surface area contributed by atoms with E-state index in [9.17, 15) is 0 Å². The average Bonchev–Trinajstić information content (AvgIpc) is 0.722. The van der Waals surface area contributed by atoms with E-state index in [0.717, 1.165) is 0 Å². The van der Waals surface area contributed by atoms with Gasteiger partial charge >= 0.3 is 68.2 Å². The van der Waals surface area contributed by atoms with Crippen LogP contribution in [0.3, 0.4) is 0 Å². The van der Waals surface area contributed by atoms with Gasteiger partial charge in [-0.1, -0.05) is 0 Å². The first kappa shape index (κ1) is 22.4. The van der Waals surface area contributed by atoms with Gasteiger partial charge in [-0.3, -0.25) is 0 Å². The Morgan fingerprint density at radius 1 is 0.750 bits per heavy atom. The molecule has 0 radical (unpaired) electrons. The summed E-state index contributed by atoms with van der Waals surface area (Å²) in [7, 11) is -4.61. The molecule has 8 heavy (non-hydrogen) atoms. The fraction of sp³-hybridized carbons (Fsp3) is 0. The van der Waals surface area contributed by atoms with Crippen LogP contribution in [0.5, 0.6) is 0 Å². The maximum atomic E-state index is 7.33. The Morgan fingerprint density at radius 2 is 0.750 bits per heavy atom. The summed E-state index contributed by atoms with van der Waals surface area (Å²) in [6.45, 7) is 0. The molecule has 0 aromatic carbocycles. The van der Waals surface area contributed by atoms with Gasteiger partial charge < -0.3 is 19.2 Å². The Kier molecular flexibility index (Phi) is 26.9. The first-order valence-corrected chi connectivity index (χ1v) is 2.68. The van der Waals surface area contributed by atoms with Crippen LogP contribution >= 0.6 is 0 Å². The molecule has 8 heteroatoms. The summed E-state index contributed by atoms with van der Waals surface area (Å²) in [5, 5.41) is 0. The summed E-state index contributed by atoms with van der Waals surface area (Å²) in [6, 6.07) is 0. The summed E-state index contributed by atoms with van der Waals surface area (Å²) in [5.41, 5.74) is 0. The first-order chi connectivity index (χ1) is 2.00. The summed E-state index contributed by atoms with van der Waals surface area (Å²) in [6.07, 6.45) is 0. The maximum absolute atomic E-state index is 7.33. The van der Waals surface area contributed by atoms with Crippen molar-refractivity contribution in [2.24, 2.45) is 0 Å². The summed E-state index contributed by atoms with van der Waals surface area (Å²) in [4.78, 5) is 29.3. The molecule has 0 bridgehead atoms. The van der Waals surface area contributed by atoms with E-state index in [1.165, 1.54) is 0 Å². The van der Waals surface area contributed by atoms with E-state index in [1.54, 1.807) is 0 Å². The molecule has 0 unspecified atom stereocenters. The third kappa shape index (κ3) is 73.8. The monoisotopic (exact) mass is 174 g/mol. The average molecular weight is 174 g/mol. The van der Waals surface area contributed by atoms with Gasteiger partial charge in [-0.15, -0.1) is 0 Å². The molecule has 0 fully saturated rings. The normalized spacial score (nSPS) is 7.50. The zero-order chi connectivity index (χ0) is 4.50. The molecule has 0 aliphatic rings. The summed E-state index contributed by atoms with van der Waals surface area (Å²) < 4.78 is 0. The van der Waals surface area contributed by atoms with Crippen molar-refractivity contribution < 1.29 is 19.2 Å². The van der Waals surface area contributed by atoms with Gasteiger partial charge in [0.15, 0.2) is 17.4 Å². The Morgan fingerprint density at radius 3 is 0.750 bits per heavy atom. The van der Waals surface area contributed by atoms with Crippen molar-refractivity contribution in [2.45, 2.75) is 0 Å². The molecule has 0 heterocycles. The van der Waals surface area contributed by atoms with Crippen molar-refractivity contribution in [1.82, 2.24) is 0 Å². The van der Waals surface area contributed by atoms with E-state index in [0.29, 0.717) is 0 Å². The van der Waals surface area contributed by atoms with Crippen molar-refractivity contribution in [3.63, 3.8) is 0 Å². The quantitative estimate of drug-likeness (QED) is 0.277. The van der Waals surface area contributed by atoms with Crippen molar-refractivity contribution in [2.75, 3.05) is 0 Å². The Bertz CT molecular complexity index is 29.5. The van der Waals surface area contributed by atoms with Gasteiger partial charge in [0.05, 0.1) is 0 Å². The van der Waals surface area contributed by atoms with Crippen LogP contribution in [0.2, 0.25) is 0 Å². The van der Waals surface area contributed by atoms with Crippen LogP contribution in [-0.4, -0.2) is 105 Å².